The van der Waals surface area contributed by atoms with Crippen LogP contribution in [0.5, 0.6) is 0 Å². The second-order valence-electron chi connectivity index (χ2n) is 5.76. The summed E-state index contributed by atoms with van der Waals surface area (Å²) in [6.45, 7) is 1.92. The predicted octanol–water partition coefficient (Wildman–Crippen LogP) is 3.55. The molecule has 0 N–H and O–H groups in total. The van der Waals surface area contributed by atoms with Gasteiger partial charge in [-0.25, -0.2) is 8.42 Å². The minimum Gasteiger partial charge on any atom is -0.303 e. The van der Waals surface area contributed by atoms with Gasteiger partial charge in [-0.15, -0.1) is 12.4 Å². The zero-order valence-electron chi connectivity index (χ0n) is 13.3. The van der Waals surface area contributed by atoms with E-state index in [9.17, 15) is 8.42 Å². The van der Waals surface area contributed by atoms with Crippen molar-refractivity contribution in [3.63, 3.8) is 0 Å². The van der Waals surface area contributed by atoms with Crippen LogP contribution < -0.4 is 0 Å². The smallest absolute Gasteiger partial charge is 0.243 e. The van der Waals surface area contributed by atoms with Gasteiger partial charge in [-0.05, 0) is 36.9 Å². The van der Waals surface area contributed by atoms with Crippen molar-refractivity contribution in [2.45, 2.75) is 10.9 Å². The van der Waals surface area contributed by atoms with Crippen molar-refractivity contribution in [2.24, 2.45) is 0 Å². The number of halogens is 2. The summed E-state index contributed by atoms with van der Waals surface area (Å²) in [5.41, 5.74) is 1.03. The first kappa shape index (κ1) is 19.4. The van der Waals surface area contributed by atoms with E-state index in [0.717, 1.165) is 16.6 Å². The largest absolute Gasteiger partial charge is 0.303 e. The molecule has 3 rings (SSSR count). The van der Waals surface area contributed by atoms with Crippen molar-refractivity contribution in [3.05, 3.63) is 64.6 Å². The third-order valence-corrected chi connectivity index (χ3v) is 6.59. The molecule has 0 amide bonds. The Hall–Kier alpha value is -0.920. The Bertz CT molecular complexity index is 769. The Kier molecular flexibility index (Phi) is 6.45. The number of piperazine rings is 1. The van der Waals surface area contributed by atoms with Crippen LogP contribution in [-0.4, -0.2) is 44.3 Å². The van der Waals surface area contributed by atoms with E-state index in [0.29, 0.717) is 18.0 Å². The third-order valence-electron chi connectivity index (χ3n) is 4.14. The fourth-order valence-electron chi connectivity index (χ4n) is 2.88. The summed E-state index contributed by atoms with van der Waals surface area (Å²) in [7, 11) is -1.49. The Morgan fingerprint density at radius 1 is 1.00 bits per heavy atom. The fraction of sp³-hybridized carbons (Fsp3) is 0.294. The van der Waals surface area contributed by atoms with Crippen LogP contribution in [0.1, 0.15) is 11.6 Å². The zero-order chi connectivity index (χ0) is 16.4. The van der Waals surface area contributed by atoms with E-state index in [1.165, 1.54) is 0 Å². The van der Waals surface area contributed by atoms with Gasteiger partial charge in [0.25, 0.3) is 0 Å². The van der Waals surface area contributed by atoms with E-state index < -0.39 is 10.0 Å². The van der Waals surface area contributed by atoms with Gasteiger partial charge < -0.3 is 4.90 Å². The molecular formula is C17H20BrClN2O2S. The molecule has 1 aliphatic rings. The van der Waals surface area contributed by atoms with Crippen molar-refractivity contribution in [3.8, 4) is 0 Å². The second-order valence-corrected chi connectivity index (χ2v) is 8.56. The fourth-order valence-corrected chi connectivity index (χ4v) is 4.74. The molecule has 1 saturated heterocycles. The van der Waals surface area contributed by atoms with Crippen molar-refractivity contribution < 1.29 is 8.42 Å². The lowest BCUT2D eigenvalue weighted by Crippen LogP contribution is -2.49. The molecule has 4 nitrogen and oxygen atoms in total. The van der Waals surface area contributed by atoms with E-state index >= 15 is 0 Å². The molecule has 0 bridgehead atoms. The Labute approximate surface area is 158 Å². The molecule has 1 fully saturated rings. The van der Waals surface area contributed by atoms with Crippen LogP contribution >= 0.6 is 28.3 Å². The van der Waals surface area contributed by atoms with Crippen molar-refractivity contribution in [1.82, 2.24) is 9.21 Å². The minimum atomic E-state index is -3.51. The first-order chi connectivity index (χ1) is 11.0. The molecule has 0 saturated carbocycles. The lowest BCUT2D eigenvalue weighted by atomic mass is 10.1. The lowest BCUT2D eigenvalue weighted by molar-refractivity contribution is 0.160. The number of benzene rings is 2. The summed E-state index contributed by atoms with van der Waals surface area (Å²) < 4.78 is 28.7. The zero-order valence-corrected chi connectivity index (χ0v) is 16.5. The molecule has 0 radical (unpaired) electrons. The molecule has 0 aromatic heterocycles. The van der Waals surface area contributed by atoms with Crippen molar-refractivity contribution in [1.29, 1.82) is 0 Å². The molecule has 1 atom stereocenters. The van der Waals surface area contributed by atoms with E-state index in [-0.39, 0.29) is 18.4 Å². The van der Waals surface area contributed by atoms with Crippen molar-refractivity contribution in [2.75, 3.05) is 26.7 Å². The monoisotopic (exact) mass is 430 g/mol. The van der Waals surface area contributed by atoms with Gasteiger partial charge >= 0.3 is 0 Å². The van der Waals surface area contributed by atoms with Crippen LogP contribution in [0.4, 0.5) is 0 Å². The molecule has 2 aromatic carbocycles. The highest BCUT2D eigenvalue weighted by Crippen LogP contribution is 2.31. The van der Waals surface area contributed by atoms with Crippen molar-refractivity contribution >= 4 is 38.4 Å². The predicted molar refractivity (Wildman–Crippen MR) is 102 cm³/mol. The van der Waals surface area contributed by atoms with Crippen LogP contribution in [0.15, 0.2) is 64.0 Å². The average Bonchev–Trinajstić information content (AvgIpc) is 2.56. The summed E-state index contributed by atoms with van der Waals surface area (Å²) in [6.07, 6.45) is 0. The standard InChI is InChI=1S/C17H19BrN2O2S.ClH/c1-19-11-12-20(17(13-19)14-5-3-2-4-6-14)23(21,22)16-9-7-15(18)8-10-16;/h2-10,17H,11-13H2,1H3;1H. The van der Waals surface area contributed by atoms with E-state index in [4.69, 9.17) is 0 Å². The molecule has 24 heavy (non-hydrogen) atoms. The van der Waals surface area contributed by atoms with Gasteiger partial charge in [0.05, 0.1) is 10.9 Å². The van der Waals surface area contributed by atoms with Gasteiger partial charge in [-0.1, -0.05) is 46.3 Å². The molecular weight excluding hydrogens is 412 g/mol. The molecule has 1 heterocycles. The topological polar surface area (TPSA) is 40.6 Å². The van der Waals surface area contributed by atoms with E-state index in [1.807, 2.05) is 37.4 Å². The maximum absolute atomic E-state index is 13.1. The molecule has 7 heteroatoms. The van der Waals surface area contributed by atoms with Crippen LogP contribution in [0.3, 0.4) is 0 Å². The van der Waals surface area contributed by atoms with Crippen LogP contribution in [0.2, 0.25) is 0 Å². The summed E-state index contributed by atoms with van der Waals surface area (Å²) >= 11 is 3.35. The maximum Gasteiger partial charge on any atom is 0.243 e. The van der Waals surface area contributed by atoms with Crippen LogP contribution in [0, 0.1) is 0 Å². The first-order valence-corrected chi connectivity index (χ1v) is 9.73. The first-order valence-electron chi connectivity index (χ1n) is 7.49. The number of likely N-dealkylation sites (N-methyl/N-ethyl adjacent to an activating group) is 1. The molecule has 0 aliphatic carbocycles. The van der Waals surface area contributed by atoms with E-state index in [2.05, 4.69) is 20.8 Å². The SMILES string of the molecule is CN1CCN(S(=O)(=O)c2ccc(Br)cc2)C(c2ccccc2)C1.Cl. The highest BCUT2D eigenvalue weighted by Gasteiger charge is 2.35. The van der Waals surface area contributed by atoms with Crippen LogP contribution in [0.25, 0.3) is 0 Å². The maximum atomic E-state index is 13.1. The Morgan fingerprint density at radius 2 is 1.62 bits per heavy atom. The summed E-state index contributed by atoms with van der Waals surface area (Å²) in [6, 6.07) is 16.5. The molecule has 1 aliphatic heterocycles. The Balaban J connectivity index is 0.00000208. The number of hydrogen-bond donors (Lipinski definition) is 0. The van der Waals surface area contributed by atoms with Gasteiger partial charge in [0.1, 0.15) is 0 Å². The third kappa shape index (κ3) is 4.00. The molecule has 1 unspecified atom stereocenters. The summed E-state index contributed by atoms with van der Waals surface area (Å²) in [5.74, 6) is 0. The quantitative estimate of drug-likeness (QED) is 0.746. The minimum absolute atomic E-state index is 0. The van der Waals surface area contributed by atoms with Crippen LogP contribution in [-0.2, 0) is 10.0 Å². The second kappa shape index (κ2) is 7.97. The summed E-state index contributed by atoms with van der Waals surface area (Å²) in [5, 5.41) is 0. The number of nitrogens with zero attached hydrogens (tertiary/aromatic N) is 2. The molecule has 0 spiro atoms. The van der Waals surface area contributed by atoms with Gasteiger partial charge in [0, 0.05) is 24.1 Å². The molecule has 2 aromatic rings. The van der Waals surface area contributed by atoms with E-state index in [1.54, 1.807) is 28.6 Å². The van der Waals surface area contributed by atoms with Gasteiger partial charge in [0.15, 0.2) is 0 Å². The summed E-state index contributed by atoms with van der Waals surface area (Å²) in [4.78, 5) is 2.51. The highest BCUT2D eigenvalue weighted by molar-refractivity contribution is 9.10. The van der Waals surface area contributed by atoms with Gasteiger partial charge in [0.2, 0.25) is 10.0 Å². The molecule has 130 valence electrons. The number of sulfonamides is 1. The lowest BCUT2D eigenvalue weighted by Gasteiger charge is -2.39. The number of hydrogen-bond acceptors (Lipinski definition) is 3. The van der Waals surface area contributed by atoms with Gasteiger partial charge in [-0.3, -0.25) is 0 Å². The number of rotatable bonds is 3. The average molecular weight is 432 g/mol. The van der Waals surface area contributed by atoms with Gasteiger partial charge in [-0.2, -0.15) is 4.31 Å². The highest BCUT2D eigenvalue weighted by atomic mass is 79.9. The Morgan fingerprint density at radius 3 is 2.25 bits per heavy atom. The normalized spacial score (nSPS) is 19.7.